The van der Waals surface area contributed by atoms with Gasteiger partial charge in [0.15, 0.2) is 12.0 Å². The summed E-state index contributed by atoms with van der Waals surface area (Å²) in [5, 5.41) is 1.16. The number of nitrogens with zero attached hydrogens (tertiary/aromatic N) is 1. The number of halogens is 2. The fraction of sp³-hybridized carbons (Fsp3) is 0.267. The van der Waals surface area contributed by atoms with Crippen LogP contribution in [0.5, 0.6) is 5.75 Å². The summed E-state index contributed by atoms with van der Waals surface area (Å²) in [7, 11) is 0. The quantitative estimate of drug-likeness (QED) is 0.647. The standard InChI is InChI=1S/C15H15ClN2O3S.ClH/c16-12-4-10-7-19-9-21-14(10)11(5-12)8-22-15(17)18-6-13-2-1-3-20-13;/h1-5H,6-9H2,(H2,17,18);1H. The molecule has 0 radical (unpaired) electrons. The smallest absolute Gasteiger partial charge is 0.189 e. The maximum Gasteiger partial charge on any atom is 0.189 e. The molecule has 2 aromatic rings. The summed E-state index contributed by atoms with van der Waals surface area (Å²) < 4.78 is 16.0. The molecule has 0 atom stereocenters. The predicted octanol–water partition coefficient (Wildman–Crippen LogP) is 3.97. The summed E-state index contributed by atoms with van der Waals surface area (Å²) >= 11 is 7.57. The Kier molecular flexibility index (Phi) is 6.65. The minimum absolute atomic E-state index is 0. The number of furan rings is 1. The Hall–Kier alpha value is -1.34. The van der Waals surface area contributed by atoms with Crippen LogP contribution < -0.4 is 10.5 Å². The molecule has 1 aromatic heterocycles. The largest absolute Gasteiger partial charge is 0.467 e. The third kappa shape index (κ3) is 4.81. The zero-order valence-corrected chi connectivity index (χ0v) is 14.5. The van der Waals surface area contributed by atoms with E-state index in [0.717, 1.165) is 22.6 Å². The van der Waals surface area contributed by atoms with Gasteiger partial charge in [-0.2, -0.15) is 0 Å². The summed E-state index contributed by atoms with van der Waals surface area (Å²) in [5.41, 5.74) is 7.88. The second-order valence-corrected chi connectivity index (χ2v) is 6.12. The molecule has 2 N–H and O–H groups in total. The van der Waals surface area contributed by atoms with Crippen molar-refractivity contribution in [2.24, 2.45) is 10.7 Å². The maximum atomic E-state index is 6.13. The molecule has 0 unspecified atom stereocenters. The third-order valence-corrected chi connectivity index (χ3v) is 4.20. The molecule has 0 spiro atoms. The van der Waals surface area contributed by atoms with Crippen LogP contribution in [-0.4, -0.2) is 12.0 Å². The molecule has 0 bridgehead atoms. The minimum atomic E-state index is 0. The number of hydrogen-bond acceptors (Lipinski definition) is 5. The predicted molar refractivity (Wildman–Crippen MR) is 94.3 cm³/mol. The van der Waals surface area contributed by atoms with Gasteiger partial charge in [0.2, 0.25) is 0 Å². The Balaban J connectivity index is 0.00000192. The van der Waals surface area contributed by atoms with Gasteiger partial charge in [0, 0.05) is 21.9 Å². The monoisotopic (exact) mass is 374 g/mol. The molecular formula is C15H16Cl2N2O3S. The van der Waals surface area contributed by atoms with Gasteiger partial charge in [-0.1, -0.05) is 23.4 Å². The summed E-state index contributed by atoms with van der Waals surface area (Å²) in [6.45, 7) is 1.20. The highest BCUT2D eigenvalue weighted by molar-refractivity contribution is 8.13. The number of amidine groups is 1. The number of aliphatic imine (C=N–C) groups is 1. The molecule has 0 saturated carbocycles. The summed E-state index contributed by atoms with van der Waals surface area (Å²) in [4.78, 5) is 4.28. The lowest BCUT2D eigenvalue weighted by Gasteiger charge is -2.20. The van der Waals surface area contributed by atoms with Crippen molar-refractivity contribution >= 4 is 40.9 Å². The van der Waals surface area contributed by atoms with E-state index in [0.29, 0.717) is 29.1 Å². The van der Waals surface area contributed by atoms with Crippen LogP contribution in [0.2, 0.25) is 5.02 Å². The number of rotatable bonds is 4. The molecule has 0 aliphatic carbocycles. The molecule has 1 aliphatic heterocycles. The molecule has 3 rings (SSSR count). The van der Waals surface area contributed by atoms with Crippen LogP contribution in [0.25, 0.3) is 0 Å². The number of fused-ring (bicyclic) bond motifs is 1. The highest BCUT2D eigenvalue weighted by atomic mass is 35.5. The van der Waals surface area contributed by atoms with Crippen molar-refractivity contribution in [2.75, 3.05) is 6.79 Å². The summed E-state index contributed by atoms with van der Waals surface area (Å²) in [6, 6.07) is 7.44. The van der Waals surface area contributed by atoms with E-state index < -0.39 is 0 Å². The van der Waals surface area contributed by atoms with Crippen molar-refractivity contribution < 1.29 is 13.9 Å². The SMILES string of the molecule is Cl.NC(=NCc1ccco1)SCc1cc(Cl)cc2c1OCOC2. The number of ether oxygens (including phenoxy) is 2. The first kappa shape index (κ1) is 18.0. The van der Waals surface area contributed by atoms with Crippen molar-refractivity contribution in [3.8, 4) is 5.75 Å². The third-order valence-electron chi connectivity index (χ3n) is 3.10. The minimum Gasteiger partial charge on any atom is -0.467 e. The second-order valence-electron chi connectivity index (χ2n) is 4.69. The molecule has 0 fully saturated rings. The topological polar surface area (TPSA) is 70.0 Å². The molecule has 5 nitrogen and oxygen atoms in total. The van der Waals surface area contributed by atoms with Gasteiger partial charge in [-0.3, -0.25) is 4.99 Å². The summed E-state index contributed by atoms with van der Waals surface area (Å²) in [6.07, 6.45) is 1.62. The molecule has 1 aliphatic rings. The lowest BCUT2D eigenvalue weighted by molar-refractivity contribution is -0.0168. The first-order valence-electron chi connectivity index (χ1n) is 6.69. The highest BCUT2D eigenvalue weighted by Gasteiger charge is 2.16. The zero-order valence-electron chi connectivity index (χ0n) is 12.2. The van der Waals surface area contributed by atoms with E-state index in [1.165, 1.54) is 11.8 Å². The van der Waals surface area contributed by atoms with Crippen molar-refractivity contribution in [1.82, 2.24) is 0 Å². The maximum absolute atomic E-state index is 6.13. The normalized spacial score (nSPS) is 13.9. The van der Waals surface area contributed by atoms with Gasteiger partial charge >= 0.3 is 0 Å². The average molecular weight is 375 g/mol. The lowest BCUT2D eigenvalue weighted by Crippen LogP contribution is -2.13. The van der Waals surface area contributed by atoms with E-state index in [-0.39, 0.29) is 19.2 Å². The van der Waals surface area contributed by atoms with Gasteiger partial charge in [-0.15, -0.1) is 12.4 Å². The fourth-order valence-electron chi connectivity index (χ4n) is 2.12. The van der Waals surface area contributed by atoms with E-state index in [2.05, 4.69) is 4.99 Å². The molecule has 8 heteroatoms. The molecule has 0 saturated heterocycles. The van der Waals surface area contributed by atoms with E-state index in [9.17, 15) is 0 Å². The van der Waals surface area contributed by atoms with Gasteiger partial charge in [0.25, 0.3) is 0 Å². The van der Waals surface area contributed by atoms with Crippen LogP contribution in [-0.2, 0) is 23.6 Å². The highest BCUT2D eigenvalue weighted by Crippen LogP contribution is 2.33. The number of thioether (sulfide) groups is 1. The Labute approximate surface area is 149 Å². The van der Waals surface area contributed by atoms with Crippen LogP contribution in [0.4, 0.5) is 0 Å². The van der Waals surface area contributed by atoms with Gasteiger partial charge in [-0.05, 0) is 24.3 Å². The van der Waals surface area contributed by atoms with Crippen LogP contribution in [0, 0.1) is 0 Å². The Morgan fingerprint density at radius 3 is 3.04 bits per heavy atom. The number of nitrogens with two attached hydrogens (primary N) is 1. The van der Waals surface area contributed by atoms with E-state index in [1.54, 1.807) is 6.26 Å². The van der Waals surface area contributed by atoms with Crippen LogP contribution >= 0.6 is 35.8 Å². The number of hydrogen-bond donors (Lipinski definition) is 1. The Bertz CT molecular complexity index is 678. The van der Waals surface area contributed by atoms with Crippen LogP contribution in [0.15, 0.2) is 39.9 Å². The molecular weight excluding hydrogens is 359 g/mol. The molecule has 23 heavy (non-hydrogen) atoms. The molecule has 0 amide bonds. The van der Waals surface area contributed by atoms with Crippen molar-refractivity contribution in [1.29, 1.82) is 0 Å². The Morgan fingerprint density at radius 2 is 2.26 bits per heavy atom. The number of benzene rings is 1. The van der Waals surface area contributed by atoms with E-state index in [1.807, 2.05) is 24.3 Å². The molecule has 2 heterocycles. The van der Waals surface area contributed by atoms with Crippen molar-refractivity contribution in [3.63, 3.8) is 0 Å². The van der Waals surface area contributed by atoms with Crippen molar-refractivity contribution in [2.45, 2.75) is 18.9 Å². The van der Waals surface area contributed by atoms with Crippen LogP contribution in [0.3, 0.4) is 0 Å². The zero-order chi connectivity index (χ0) is 15.4. The molecule has 1 aromatic carbocycles. The van der Waals surface area contributed by atoms with Crippen LogP contribution in [0.1, 0.15) is 16.9 Å². The first-order valence-corrected chi connectivity index (χ1v) is 8.05. The van der Waals surface area contributed by atoms with Gasteiger partial charge in [0.05, 0.1) is 19.4 Å². The van der Waals surface area contributed by atoms with E-state index >= 15 is 0 Å². The van der Waals surface area contributed by atoms with Crippen molar-refractivity contribution in [3.05, 3.63) is 52.4 Å². The molecule has 124 valence electrons. The van der Waals surface area contributed by atoms with Gasteiger partial charge in [-0.25, -0.2) is 0 Å². The summed E-state index contributed by atoms with van der Waals surface area (Å²) in [5.74, 6) is 2.25. The van der Waals surface area contributed by atoms with Gasteiger partial charge < -0.3 is 19.6 Å². The Morgan fingerprint density at radius 1 is 1.39 bits per heavy atom. The second kappa shape index (κ2) is 8.49. The van der Waals surface area contributed by atoms with Gasteiger partial charge in [0.1, 0.15) is 11.5 Å². The average Bonchev–Trinajstić information content (AvgIpc) is 3.04. The first-order chi connectivity index (χ1) is 10.7. The fourth-order valence-corrected chi connectivity index (χ4v) is 3.06. The lowest BCUT2D eigenvalue weighted by atomic mass is 10.1. The van der Waals surface area contributed by atoms with E-state index in [4.69, 9.17) is 31.2 Å².